The van der Waals surface area contributed by atoms with Crippen molar-refractivity contribution < 1.29 is 9.13 Å². The summed E-state index contributed by atoms with van der Waals surface area (Å²) < 4.78 is 23.5. The van der Waals surface area contributed by atoms with Crippen LogP contribution in [0.2, 0.25) is 5.02 Å². The number of nitrogens with zero attached hydrogens (tertiary/aromatic N) is 5. The van der Waals surface area contributed by atoms with E-state index in [0.717, 1.165) is 48.4 Å². The maximum atomic E-state index is 13.5. The zero-order chi connectivity index (χ0) is 23.7. The van der Waals surface area contributed by atoms with E-state index < -0.39 is 6.10 Å². The second kappa shape index (κ2) is 9.45. The summed E-state index contributed by atoms with van der Waals surface area (Å²) in [6.07, 6.45) is 4.87. The number of halogens is 2. The summed E-state index contributed by atoms with van der Waals surface area (Å²) >= 11 is 6.45. The van der Waals surface area contributed by atoms with Crippen molar-refractivity contribution in [3.05, 3.63) is 64.8 Å². The smallest absolute Gasteiger partial charge is 0.184 e. The zero-order valence-corrected chi connectivity index (χ0v) is 19.7. The summed E-state index contributed by atoms with van der Waals surface area (Å²) in [5, 5.41) is 17.2. The van der Waals surface area contributed by atoms with Crippen molar-refractivity contribution in [2.24, 2.45) is 0 Å². The first kappa shape index (κ1) is 22.4. The van der Waals surface area contributed by atoms with Crippen LogP contribution in [0.4, 0.5) is 4.39 Å². The molecular formula is C25H24ClFN6O. The summed E-state index contributed by atoms with van der Waals surface area (Å²) in [6.45, 7) is 5.71. The number of fused-ring (bicyclic) bond motifs is 1. The number of nitrogens with one attached hydrogen (secondary N) is 1. The molecule has 9 heteroatoms. The van der Waals surface area contributed by atoms with Crippen molar-refractivity contribution in [3.8, 4) is 28.8 Å². The lowest BCUT2D eigenvalue weighted by Crippen LogP contribution is -2.30. The molecule has 0 saturated carbocycles. The Balaban J connectivity index is 1.56. The van der Waals surface area contributed by atoms with Crippen LogP contribution in [0.1, 0.15) is 43.2 Å². The lowest BCUT2D eigenvalue weighted by molar-refractivity contribution is 0.267. The van der Waals surface area contributed by atoms with Gasteiger partial charge in [0.05, 0.1) is 23.0 Å². The van der Waals surface area contributed by atoms with Crippen LogP contribution in [0.15, 0.2) is 42.7 Å². The van der Waals surface area contributed by atoms with Crippen molar-refractivity contribution in [3.63, 3.8) is 0 Å². The Morgan fingerprint density at radius 1 is 1.24 bits per heavy atom. The SMILES string of the molecule is CC#CC(Oc1cc(-c2nnn(C3CCNCC3)c2C)cn2ncc(Cl)c12)c1ccc(F)cc1. The molecule has 1 aliphatic heterocycles. The number of benzene rings is 1. The summed E-state index contributed by atoms with van der Waals surface area (Å²) in [4.78, 5) is 0. The van der Waals surface area contributed by atoms with Gasteiger partial charge in [0.2, 0.25) is 0 Å². The Hall–Kier alpha value is -3.41. The van der Waals surface area contributed by atoms with Crippen molar-refractivity contribution in [2.75, 3.05) is 13.1 Å². The van der Waals surface area contributed by atoms with Gasteiger partial charge in [-0.1, -0.05) is 34.9 Å². The Morgan fingerprint density at radius 3 is 2.74 bits per heavy atom. The predicted octanol–water partition coefficient (Wildman–Crippen LogP) is 4.76. The number of pyridine rings is 1. The minimum absolute atomic E-state index is 0.317. The Kier molecular flexibility index (Phi) is 6.22. The van der Waals surface area contributed by atoms with E-state index in [9.17, 15) is 4.39 Å². The van der Waals surface area contributed by atoms with Crippen LogP contribution in [0, 0.1) is 24.6 Å². The molecule has 4 aromatic rings. The molecule has 1 atom stereocenters. The molecule has 0 amide bonds. The van der Waals surface area contributed by atoms with E-state index in [4.69, 9.17) is 16.3 Å². The first-order valence-corrected chi connectivity index (χ1v) is 11.6. The highest BCUT2D eigenvalue weighted by Crippen LogP contribution is 2.35. The molecular weight excluding hydrogens is 455 g/mol. The predicted molar refractivity (Wildman–Crippen MR) is 128 cm³/mol. The minimum atomic E-state index is -0.609. The van der Waals surface area contributed by atoms with E-state index >= 15 is 0 Å². The van der Waals surface area contributed by atoms with Gasteiger partial charge >= 0.3 is 0 Å². The van der Waals surface area contributed by atoms with E-state index in [0.29, 0.717) is 22.3 Å². The third kappa shape index (κ3) is 4.25. The van der Waals surface area contributed by atoms with Gasteiger partial charge in [-0.2, -0.15) is 5.10 Å². The van der Waals surface area contributed by atoms with Crippen LogP contribution in [-0.2, 0) is 0 Å². The lowest BCUT2D eigenvalue weighted by Gasteiger charge is -2.23. The van der Waals surface area contributed by atoms with Crippen LogP contribution in [0.5, 0.6) is 5.75 Å². The average molecular weight is 479 g/mol. The summed E-state index contributed by atoms with van der Waals surface area (Å²) in [7, 11) is 0. The fourth-order valence-corrected chi connectivity index (χ4v) is 4.57. The second-order valence-electron chi connectivity index (χ2n) is 8.27. The highest BCUT2D eigenvalue weighted by Gasteiger charge is 2.23. The number of piperidine rings is 1. The quantitative estimate of drug-likeness (QED) is 0.419. The Labute approximate surface area is 201 Å². The van der Waals surface area contributed by atoms with Crippen molar-refractivity contribution in [2.45, 2.75) is 38.8 Å². The van der Waals surface area contributed by atoms with Gasteiger partial charge < -0.3 is 10.1 Å². The molecule has 3 aromatic heterocycles. The van der Waals surface area contributed by atoms with Crippen LogP contribution >= 0.6 is 11.6 Å². The van der Waals surface area contributed by atoms with Crippen molar-refractivity contribution in [1.82, 2.24) is 29.9 Å². The molecule has 0 bridgehead atoms. The molecule has 1 aromatic carbocycles. The number of rotatable bonds is 5. The highest BCUT2D eigenvalue weighted by molar-refractivity contribution is 6.34. The van der Waals surface area contributed by atoms with E-state index in [1.807, 2.05) is 23.9 Å². The van der Waals surface area contributed by atoms with Crippen LogP contribution in [-0.4, -0.2) is 37.7 Å². The van der Waals surface area contributed by atoms with Crippen LogP contribution < -0.4 is 10.1 Å². The first-order chi connectivity index (χ1) is 16.5. The van der Waals surface area contributed by atoms with Crippen molar-refractivity contribution >= 4 is 17.1 Å². The Bertz CT molecular complexity index is 1380. The monoisotopic (exact) mass is 478 g/mol. The fourth-order valence-electron chi connectivity index (χ4n) is 4.35. The van der Waals surface area contributed by atoms with E-state index in [1.165, 1.54) is 12.1 Å². The molecule has 1 unspecified atom stereocenters. The molecule has 34 heavy (non-hydrogen) atoms. The Morgan fingerprint density at radius 2 is 2.00 bits per heavy atom. The molecule has 0 spiro atoms. The normalized spacial score (nSPS) is 15.2. The largest absolute Gasteiger partial charge is 0.471 e. The molecule has 1 N–H and O–H groups in total. The third-order valence-corrected chi connectivity index (χ3v) is 6.36. The molecule has 174 valence electrons. The van der Waals surface area contributed by atoms with E-state index in [-0.39, 0.29) is 5.82 Å². The van der Waals surface area contributed by atoms with Gasteiger partial charge in [-0.25, -0.2) is 13.6 Å². The first-order valence-electron chi connectivity index (χ1n) is 11.2. The van der Waals surface area contributed by atoms with Gasteiger partial charge in [0, 0.05) is 17.3 Å². The molecule has 7 nitrogen and oxygen atoms in total. The molecule has 1 fully saturated rings. The maximum Gasteiger partial charge on any atom is 0.184 e. The fraction of sp³-hybridized carbons (Fsp3) is 0.320. The molecule has 5 rings (SSSR count). The molecule has 1 aliphatic rings. The zero-order valence-electron chi connectivity index (χ0n) is 18.9. The number of aromatic nitrogens is 5. The van der Waals surface area contributed by atoms with E-state index in [1.54, 1.807) is 29.8 Å². The van der Waals surface area contributed by atoms with Gasteiger partial charge in [-0.3, -0.25) is 0 Å². The van der Waals surface area contributed by atoms with Gasteiger partial charge in [0.1, 0.15) is 22.8 Å². The summed E-state index contributed by atoms with van der Waals surface area (Å²) in [5.74, 6) is 6.14. The second-order valence-corrected chi connectivity index (χ2v) is 8.68. The summed E-state index contributed by atoms with van der Waals surface area (Å²) in [6, 6.07) is 8.33. The standard InChI is InChI=1S/C25H24ClFN6O/c1-3-4-22(17-5-7-19(27)8-6-17)34-23-13-18(15-32-25(23)21(26)14-29-32)24-16(2)33(31-30-24)20-9-11-28-12-10-20/h5-8,13-15,20,22,28H,9-12H2,1-2H3. The molecule has 0 radical (unpaired) electrons. The van der Waals surface area contributed by atoms with Gasteiger partial charge in [-0.15, -0.1) is 11.0 Å². The average Bonchev–Trinajstić information content (AvgIpc) is 3.42. The van der Waals surface area contributed by atoms with Crippen molar-refractivity contribution in [1.29, 1.82) is 0 Å². The molecule has 0 aliphatic carbocycles. The van der Waals surface area contributed by atoms with E-state index in [2.05, 4.69) is 32.6 Å². The highest BCUT2D eigenvalue weighted by atomic mass is 35.5. The van der Waals surface area contributed by atoms with Crippen LogP contribution in [0.3, 0.4) is 0 Å². The molecule has 1 saturated heterocycles. The summed E-state index contributed by atoms with van der Waals surface area (Å²) in [5.41, 5.74) is 3.92. The van der Waals surface area contributed by atoms with Gasteiger partial charge in [0.15, 0.2) is 6.10 Å². The molecule has 4 heterocycles. The maximum absolute atomic E-state index is 13.5. The number of hydrogen-bond donors (Lipinski definition) is 1. The lowest BCUT2D eigenvalue weighted by atomic mass is 10.1. The van der Waals surface area contributed by atoms with Gasteiger partial charge in [0.25, 0.3) is 0 Å². The van der Waals surface area contributed by atoms with Gasteiger partial charge in [-0.05, 0) is 58.0 Å². The number of ether oxygens (including phenoxy) is 1. The van der Waals surface area contributed by atoms with Crippen LogP contribution in [0.25, 0.3) is 16.8 Å². The number of hydrogen-bond acceptors (Lipinski definition) is 5. The third-order valence-electron chi connectivity index (χ3n) is 6.08. The minimum Gasteiger partial charge on any atom is -0.471 e. The topological polar surface area (TPSA) is 69.3 Å².